The van der Waals surface area contributed by atoms with Crippen molar-refractivity contribution < 1.29 is 60.0 Å². The van der Waals surface area contributed by atoms with Gasteiger partial charge < -0.3 is 26.8 Å². The zero-order valence-electron chi connectivity index (χ0n) is 21.4. The minimum atomic E-state index is -1.38. The number of amides is 3. The van der Waals surface area contributed by atoms with Crippen LogP contribution in [0.1, 0.15) is 30.6 Å². The van der Waals surface area contributed by atoms with Crippen LogP contribution in [0.5, 0.6) is 5.75 Å². The SMILES string of the molecule is COc1cc(-c2ccccc2C)c(C)c([C@H](CC(=O)O)NC(=O)NC2C(=O)C=CN(C)C2=O)c1.[H-].[Na+]. The van der Waals surface area contributed by atoms with Crippen LogP contribution >= 0.6 is 0 Å². The van der Waals surface area contributed by atoms with Gasteiger partial charge in [0, 0.05) is 19.3 Å². The summed E-state index contributed by atoms with van der Waals surface area (Å²) in [4.78, 5) is 50.0. The number of nitrogens with zero attached hydrogens (tertiary/aromatic N) is 1. The Balaban J connectivity index is 0.00000324. The van der Waals surface area contributed by atoms with Crippen molar-refractivity contribution in [3.05, 3.63) is 65.4 Å². The third-order valence-corrected chi connectivity index (χ3v) is 5.77. The van der Waals surface area contributed by atoms with Crippen molar-refractivity contribution in [2.75, 3.05) is 14.2 Å². The fourth-order valence-electron chi connectivity index (χ4n) is 3.90. The molecule has 1 unspecified atom stereocenters. The van der Waals surface area contributed by atoms with Gasteiger partial charge in [-0.05, 0) is 53.8 Å². The van der Waals surface area contributed by atoms with Gasteiger partial charge in [-0.1, -0.05) is 24.3 Å². The quantitative estimate of drug-likeness (QED) is 0.367. The van der Waals surface area contributed by atoms with E-state index in [-0.39, 0.29) is 31.0 Å². The molecule has 3 amide bonds. The van der Waals surface area contributed by atoms with Crippen molar-refractivity contribution in [1.29, 1.82) is 0 Å². The summed E-state index contributed by atoms with van der Waals surface area (Å²) in [5.41, 5.74) is 4.14. The molecule has 0 saturated carbocycles. The molecule has 0 aliphatic carbocycles. The van der Waals surface area contributed by atoms with Gasteiger partial charge in [-0.15, -0.1) is 0 Å². The zero-order chi connectivity index (χ0) is 25.0. The number of methoxy groups -OCH3 is 1. The number of aryl methyl sites for hydroxylation is 1. The van der Waals surface area contributed by atoms with E-state index in [0.29, 0.717) is 11.3 Å². The predicted octanol–water partition coefficient (Wildman–Crippen LogP) is -0.166. The van der Waals surface area contributed by atoms with E-state index in [9.17, 15) is 24.3 Å². The summed E-state index contributed by atoms with van der Waals surface area (Å²) >= 11 is 0. The third kappa shape index (κ3) is 6.50. The molecule has 0 spiro atoms. The monoisotopic (exact) mass is 489 g/mol. The molecule has 3 rings (SSSR count). The normalized spacial score (nSPS) is 15.8. The fraction of sp³-hybridized carbons (Fsp3) is 0.280. The molecule has 1 aliphatic rings. The maximum Gasteiger partial charge on any atom is 1.00 e. The largest absolute Gasteiger partial charge is 1.00 e. The van der Waals surface area contributed by atoms with Crippen LogP contribution in [-0.2, 0) is 14.4 Å². The molecule has 0 aromatic heterocycles. The van der Waals surface area contributed by atoms with Crippen LogP contribution in [0.4, 0.5) is 4.79 Å². The number of carbonyl (C=O) groups is 4. The van der Waals surface area contributed by atoms with Gasteiger partial charge in [-0.2, -0.15) is 0 Å². The maximum atomic E-state index is 12.8. The van der Waals surface area contributed by atoms with Gasteiger partial charge >= 0.3 is 41.6 Å². The van der Waals surface area contributed by atoms with Crippen molar-refractivity contribution in [2.45, 2.75) is 32.4 Å². The summed E-state index contributed by atoms with van der Waals surface area (Å²) in [7, 11) is 2.98. The van der Waals surface area contributed by atoms with Crippen LogP contribution in [0.15, 0.2) is 48.7 Å². The van der Waals surface area contributed by atoms with Gasteiger partial charge in [0.2, 0.25) is 0 Å². The van der Waals surface area contributed by atoms with Crippen LogP contribution in [-0.4, -0.2) is 53.9 Å². The molecule has 9 nitrogen and oxygen atoms in total. The molecule has 180 valence electrons. The molecule has 0 bridgehead atoms. The van der Waals surface area contributed by atoms with Gasteiger partial charge in [-0.25, -0.2) is 4.79 Å². The van der Waals surface area contributed by atoms with E-state index in [1.54, 1.807) is 6.07 Å². The molecule has 2 aromatic carbocycles. The number of ketones is 1. The average molecular weight is 490 g/mol. The van der Waals surface area contributed by atoms with Crippen molar-refractivity contribution in [2.24, 2.45) is 0 Å². The Kier molecular flexibility index (Phi) is 9.64. The Hall–Kier alpha value is -3.14. The van der Waals surface area contributed by atoms with Crippen LogP contribution in [0.2, 0.25) is 0 Å². The van der Waals surface area contributed by atoms with E-state index in [0.717, 1.165) is 22.3 Å². The summed E-state index contributed by atoms with van der Waals surface area (Å²) in [6.45, 7) is 3.82. The van der Waals surface area contributed by atoms with Crippen molar-refractivity contribution in [3.8, 4) is 16.9 Å². The number of rotatable bonds is 7. The number of nitrogens with one attached hydrogen (secondary N) is 2. The van der Waals surface area contributed by atoms with Crippen molar-refractivity contribution in [3.63, 3.8) is 0 Å². The molecular formula is C25H28N3NaO6. The van der Waals surface area contributed by atoms with Gasteiger partial charge in [0.15, 0.2) is 11.8 Å². The number of carbonyl (C=O) groups excluding carboxylic acids is 3. The second-order valence-corrected chi connectivity index (χ2v) is 8.07. The van der Waals surface area contributed by atoms with Gasteiger partial charge in [-0.3, -0.25) is 14.4 Å². The minimum Gasteiger partial charge on any atom is -1.00 e. The third-order valence-electron chi connectivity index (χ3n) is 5.77. The van der Waals surface area contributed by atoms with Gasteiger partial charge in [0.1, 0.15) is 5.75 Å². The van der Waals surface area contributed by atoms with Crippen LogP contribution < -0.4 is 44.9 Å². The van der Waals surface area contributed by atoms with Crippen LogP contribution in [0, 0.1) is 13.8 Å². The standard InChI is InChI=1S/C25H27N3O6.Na.H/c1-14-7-5-6-8-17(14)18-11-16(34-4)12-19(15(18)2)20(13-22(30)31)26-25(33)27-23-21(29)9-10-28(3)24(23)32;;/h5-12,20,23H,13H2,1-4H3,(H,30,31)(H2,26,27,33);;/q;+1;-1/t20-,23?;;/m0../s1. The topological polar surface area (TPSA) is 125 Å². The van der Waals surface area contributed by atoms with E-state index >= 15 is 0 Å². The summed E-state index contributed by atoms with van der Waals surface area (Å²) in [6, 6.07) is 8.14. The molecule has 1 aliphatic heterocycles. The summed E-state index contributed by atoms with van der Waals surface area (Å²) in [5, 5.41) is 14.5. The molecule has 1 heterocycles. The first-order valence-corrected chi connectivity index (χ1v) is 10.6. The summed E-state index contributed by atoms with van der Waals surface area (Å²) < 4.78 is 5.46. The molecule has 0 radical (unpaired) electrons. The maximum absolute atomic E-state index is 12.8. The number of benzene rings is 2. The summed E-state index contributed by atoms with van der Waals surface area (Å²) in [5.74, 6) is -1.78. The second-order valence-electron chi connectivity index (χ2n) is 8.07. The molecule has 10 heteroatoms. The molecular weight excluding hydrogens is 461 g/mol. The van der Waals surface area contributed by atoms with E-state index in [1.807, 2.05) is 44.2 Å². The Morgan fingerprint density at radius 3 is 2.49 bits per heavy atom. The summed E-state index contributed by atoms with van der Waals surface area (Å²) in [6.07, 6.45) is 2.10. The number of urea groups is 1. The van der Waals surface area contributed by atoms with Crippen molar-refractivity contribution in [1.82, 2.24) is 15.5 Å². The minimum absolute atomic E-state index is 0. The number of carboxylic acid groups (broad SMARTS) is 1. The number of aliphatic carboxylic acids is 1. The number of ether oxygens (including phenoxy) is 1. The van der Waals surface area contributed by atoms with E-state index in [4.69, 9.17) is 4.74 Å². The number of hydrogen-bond acceptors (Lipinski definition) is 5. The first-order valence-electron chi connectivity index (χ1n) is 10.6. The molecule has 2 aromatic rings. The second kappa shape index (κ2) is 12.0. The number of likely N-dealkylation sites (N-methyl/N-ethyl adjacent to an activating group) is 1. The Labute approximate surface area is 227 Å². The average Bonchev–Trinajstić information content (AvgIpc) is 2.79. The fourth-order valence-corrected chi connectivity index (χ4v) is 3.90. The zero-order valence-corrected chi connectivity index (χ0v) is 22.4. The van der Waals surface area contributed by atoms with Crippen LogP contribution in [0.3, 0.4) is 0 Å². The van der Waals surface area contributed by atoms with Gasteiger partial charge in [0.25, 0.3) is 5.91 Å². The first kappa shape index (κ1) is 28.1. The van der Waals surface area contributed by atoms with Gasteiger partial charge in [0.05, 0.1) is 19.6 Å². The molecule has 35 heavy (non-hydrogen) atoms. The van der Waals surface area contributed by atoms with E-state index < -0.39 is 42.2 Å². The molecule has 0 fully saturated rings. The van der Waals surface area contributed by atoms with Crippen molar-refractivity contribution >= 4 is 23.7 Å². The Bertz CT molecular complexity index is 1190. The Morgan fingerprint density at radius 1 is 1.17 bits per heavy atom. The van der Waals surface area contributed by atoms with Crippen LogP contribution in [0.25, 0.3) is 11.1 Å². The Morgan fingerprint density at radius 2 is 1.86 bits per heavy atom. The van der Waals surface area contributed by atoms with E-state index in [2.05, 4.69) is 10.6 Å². The smallest absolute Gasteiger partial charge is 1.00 e. The molecule has 0 saturated heterocycles. The number of hydrogen-bond donors (Lipinski definition) is 3. The first-order chi connectivity index (χ1) is 16.1. The predicted molar refractivity (Wildman–Crippen MR) is 126 cm³/mol. The van der Waals surface area contributed by atoms with E-state index in [1.165, 1.54) is 31.3 Å². The molecule has 3 N–H and O–H groups in total. The number of carboxylic acids is 1. The molecule has 2 atom stereocenters.